The minimum Gasteiger partial charge on any atom is -0.393 e. The van der Waals surface area contributed by atoms with Gasteiger partial charge in [0, 0.05) is 22.3 Å². The standard InChI is InChI=1S/C39H46O6/c1-23(2)16-25-6-5-7-26(18-25)17-24-8-10-27(11-9-24)36-44-34-20-31-30-13-12-28-19-29(41)14-15-37(28,3)35(30)32(42)21-38(31,4)39(34,45-36)33(43)22-40/h5-11,14-15,18-19,23,30-32,34-36,40,42H,12-13,16-17,20-22H2,1-4H3/t30-,31-,32-,34+,35+,36+,37-,38-,39+/m0/s1. The van der Waals surface area contributed by atoms with Gasteiger partial charge in [-0.15, -0.1) is 0 Å². The summed E-state index contributed by atoms with van der Waals surface area (Å²) in [6, 6.07) is 17.0. The predicted octanol–water partition coefficient (Wildman–Crippen LogP) is 6.08. The van der Waals surface area contributed by atoms with E-state index in [1.165, 1.54) is 16.7 Å². The van der Waals surface area contributed by atoms with Crippen LogP contribution in [0, 0.1) is 34.5 Å². The zero-order valence-electron chi connectivity index (χ0n) is 26.9. The average Bonchev–Trinajstić information content (AvgIpc) is 3.50. The Balaban J connectivity index is 1.14. The number of fused-ring (bicyclic) bond motifs is 7. The van der Waals surface area contributed by atoms with E-state index in [1.807, 2.05) is 18.2 Å². The van der Waals surface area contributed by atoms with Crippen molar-refractivity contribution in [2.24, 2.45) is 34.5 Å². The number of allylic oxidation sites excluding steroid dienone is 4. The molecule has 6 nitrogen and oxygen atoms in total. The third-order valence-corrected chi connectivity index (χ3v) is 12.1. The molecule has 7 rings (SSSR count). The highest BCUT2D eigenvalue weighted by atomic mass is 16.7. The maximum Gasteiger partial charge on any atom is 0.193 e. The summed E-state index contributed by atoms with van der Waals surface area (Å²) in [5, 5.41) is 22.1. The van der Waals surface area contributed by atoms with E-state index in [0.29, 0.717) is 18.8 Å². The Morgan fingerprint density at radius 2 is 1.82 bits per heavy atom. The van der Waals surface area contributed by atoms with Crippen LogP contribution >= 0.6 is 0 Å². The van der Waals surface area contributed by atoms with Crippen molar-refractivity contribution in [2.45, 2.75) is 90.3 Å². The number of Topliss-reactive ketones (excluding diaryl/α,β-unsaturated/α-hetero) is 1. The zero-order chi connectivity index (χ0) is 31.7. The summed E-state index contributed by atoms with van der Waals surface area (Å²) in [5.74, 6) is 0.404. The number of rotatable bonds is 7. The van der Waals surface area contributed by atoms with Crippen molar-refractivity contribution in [2.75, 3.05) is 6.61 Å². The number of hydrogen-bond acceptors (Lipinski definition) is 6. The van der Waals surface area contributed by atoms with Crippen LogP contribution in [0.2, 0.25) is 0 Å². The van der Waals surface area contributed by atoms with Gasteiger partial charge in [-0.3, -0.25) is 9.59 Å². The second-order valence-electron chi connectivity index (χ2n) is 15.2. The maximum atomic E-state index is 13.8. The lowest BCUT2D eigenvalue weighted by molar-refractivity contribution is -0.201. The molecule has 1 aliphatic heterocycles. The molecule has 9 atom stereocenters. The number of carbonyl (C=O) groups excluding carboxylic acids is 2. The molecule has 45 heavy (non-hydrogen) atoms. The summed E-state index contributed by atoms with van der Waals surface area (Å²) < 4.78 is 13.4. The van der Waals surface area contributed by atoms with Crippen molar-refractivity contribution >= 4 is 11.6 Å². The lowest BCUT2D eigenvalue weighted by Crippen LogP contribution is -2.63. The summed E-state index contributed by atoms with van der Waals surface area (Å²) >= 11 is 0. The summed E-state index contributed by atoms with van der Waals surface area (Å²) in [6.45, 7) is 8.05. The number of aliphatic hydroxyl groups excluding tert-OH is 2. The third kappa shape index (κ3) is 4.74. The van der Waals surface area contributed by atoms with Crippen molar-refractivity contribution in [3.05, 3.63) is 94.6 Å². The molecule has 0 amide bonds. The smallest absolute Gasteiger partial charge is 0.193 e. The monoisotopic (exact) mass is 610 g/mol. The van der Waals surface area contributed by atoms with Crippen LogP contribution in [0.1, 0.15) is 81.9 Å². The SMILES string of the molecule is CC(C)Cc1cccc(Cc2ccc([C@@H]3O[C@@H]4C[C@H]5[C@@H]6CCC7=CC(=O)C=C[C@]7(C)[C@H]6[C@@H](O)C[C@]5(C)[C@]4(C(=O)CO)O3)cc2)c1. The van der Waals surface area contributed by atoms with Crippen LogP contribution in [-0.4, -0.2) is 46.2 Å². The molecule has 4 aliphatic carbocycles. The average molecular weight is 611 g/mol. The Labute approximate surface area is 266 Å². The van der Waals surface area contributed by atoms with Gasteiger partial charge in [-0.25, -0.2) is 0 Å². The zero-order valence-corrected chi connectivity index (χ0v) is 26.9. The van der Waals surface area contributed by atoms with E-state index in [9.17, 15) is 19.8 Å². The van der Waals surface area contributed by atoms with Crippen molar-refractivity contribution < 1.29 is 29.3 Å². The minimum absolute atomic E-state index is 0.00988. The first kappa shape index (κ1) is 30.7. The number of ether oxygens (including phenoxy) is 2. The van der Waals surface area contributed by atoms with Crippen LogP contribution in [0.25, 0.3) is 0 Å². The van der Waals surface area contributed by atoms with Crippen molar-refractivity contribution in [1.29, 1.82) is 0 Å². The Morgan fingerprint density at radius 3 is 2.56 bits per heavy atom. The van der Waals surface area contributed by atoms with E-state index in [1.54, 1.807) is 12.2 Å². The topological polar surface area (TPSA) is 93.1 Å². The number of ketones is 2. The van der Waals surface area contributed by atoms with Gasteiger partial charge in [0.05, 0.1) is 12.2 Å². The minimum atomic E-state index is -1.34. The fourth-order valence-corrected chi connectivity index (χ4v) is 10.2. The first-order valence-electron chi connectivity index (χ1n) is 16.7. The van der Waals surface area contributed by atoms with Crippen LogP contribution in [0.15, 0.2) is 72.3 Å². The van der Waals surface area contributed by atoms with E-state index >= 15 is 0 Å². The maximum absolute atomic E-state index is 13.8. The highest BCUT2D eigenvalue weighted by Crippen LogP contribution is 2.70. The van der Waals surface area contributed by atoms with Gasteiger partial charge in [0.15, 0.2) is 23.5 Å². The lowest BCUT2D eigenvalue weighted by Gasteiger charge is -2.59. The van der Waals surface area contributed by atoms with E-state index < -0.39 is 41.5 Å². The van der Waals surface area contributed by atoms with Crippen LogP contribution in [0.4, 0.5) is 0 Å². The van der Waals surface area contributed by atoms with Crippen LogP contribution in [0.5, 0.6) is 0 Å². The molecule has 0 unspecified atom stereocenters. The summed E-state index contributed by atoms with van der Waals surface area (Å²) in [6.07, 6.45) is 7.97. The Morgan fingerprint density at radius 1 is 1.07 bits per heavy atom. The van der Waals surface area contributed by atoms with Gasteiger partial charge in [0.2, 0.25) is 0 Å². The van der Waals surface area contributed by atoms with Crippen LogP contribution in [0.3, 0.4) is 0 Å². The molecule has 0 aromatic heterocycles. The molecule has 6 heteroatoms. The molecule has 2 aromatic carbocycles. The molecule has 238 valence electrons. The van der Waals surface area contributed by atoms with Crippen LogP contribution in [-0.2, 0) is 31.9 Å². The van der Waals surface area contributed by atoms with Gasteiger partial charge >= 0.3 is 0 Å². The van der Waals surface area contributed by atoms with E-state index in [4.69, 9.17) is 9.47 Å². The van der Waals surface area contributed by atoms with Gasteiger partial charge < -0.3 is 19.7 Å². The third-order valence-electron chi connectivity index (χ3n) is 12.1. The van der Waals surface area contributed by atoms with Gasteiger partial charge in [-0.05, 0) is 85.1 Å². The molecule has 1 saturated heterocycles. The second-order valence-corrected chi connectivity index (χ2v) is 15.2. The molecule has 4 fully saturated rings. The van der Waals surface area contributed by atoms with Gasteiger partial charge in [0.25, 0.3) is 0 Å². The fourth-order valence-electron chi connectivity index (χ4n) is 10.2. The van der Waals surface area contributed by atoms with E-state index in [0.717, 1.165) is 36.8 Å². The predicted molar refractivity (Wildman–Crippen MR) is 171 cm³/mol. The number of aliphatic hydroxyl groups is 2. The van der Waals surface area contributed by atoms with Crippen molar-refractivity contribution in [3.8, 4) is 0 Å². The number of carbonyl (C=O) groups is 2. The molecule has 2 N–H and O–H groups in total. The van der Waals surface area contributed by atoms with E-state index in [-0.39, 0.29) is 29.3 Å². The quantitative estimate of drug-likeness (QED) is 0.395. The molecule has 5 aliphatic rings. The van der Waals surface area contributed by atoms with Gasteiger partial charge in [-0.1, -0.05) is 87.9 Å². The normalized spacial score (nSPS) is 38.4. The van der Waals surface area contributed by atoms with Gasteiger partial charge in [-0.2, -0.15) is 0 Å². The molecular formula is C39H46O6. The van der Waals surface area contributed by atoms with Gasteiger partial charge in [0.1, 0.15) is 6.61 Å². The fraction of sp³-hybridized carbons (Fsp3) is 0.538. The number of benzene rings is 2. The summed E-state index contributed by atoms with van der Waals surface area (Å²) in [4.78, 5) is 26.0. The molecular weight excluding hydrogens is 564 g/mol. The molecule has 0 spiro atoms. The molecule has 2 aromatic rings. The van der Waals surface area contributed by atoms with E-state index in [2.05, 4.69) is 64.1 Å². The Bertz CT molecular complexity index is 1560. The molecule has 0 bridgehead atoms. The van der Waals surface area contributed by atoms with Crippen LogP contribution < -0.4 is 0 Å². The highest BCUT2D eigenvalue weighted by molar-refractivity contribution is 6.01. The van der Waals surface area contributed by atoms with Crippen molar-refractivity contribution in [1.82, 2.24) is 0 Å². The largest absolute Gasteiger partial charge is 0.393 e. The Kier molecular flexibility index (Phi) is 7.59. The number of hydrogen-bond donors (Lipinski definition) is 2. The van der Waals surface area contributed by atoms with Crippen molar-refractivity contribution in [3.63, 3.8) is 0 Å². The highest BCUT2D eigenvalue weighted by Gasteiger charge is 2.75. The first-order chi connectivity index (χ1) is 21.5. The molecule has 1 heterocycles. The Hall–Kier alpha value is -2.90. The summed E-state index contributed by atoms with van der Waals surface area (Å²) in [7, 11) is 0. The molecule has 0 radical (unpaired) electrons. The lowest BCUT2D eigenvalue weighted by atomic mass is 9.46. The second kappa shape index (κ2) is 11.1. The summed E-state index contributed by atoms with van der Waals surface area (Å²) in [5.41, 5.74) is 3.31. The molecule has 3 saturated carbocycles. The first-order valence-corrected chi connectivity index (χ1v) is 16.7.